The molecule has 68 valence electrons. The second-order valence-corrected chi connectivity index (χ2v) is 2.24. The molecule has 0 saturated heterocycles. The van der Waals surface area contributed by atoms with Crippen LogP contribution in [0.15, 0.2) is 12.3 Å². The molecule has 1 heterocycles. The van der Waals surface area contributed by atoms with Gasteiger partial charge in [-0.3, -0.25) is 0 Å². The Balaban J connectivity index is 3.18. The van der Waals surface area contributed by atoms with Crippen molar-refractivity contribution < 1.29 is 14.3 Å². The van der Waals surface area contributed by atoms with E-state index >= 15 is 0 Å². The fourth-order valence-electron chi connectivity index (χ4n) is 0.775. The highest BCUT2D eigenvalue weighted by atomic mass is 19.1. The van der Waals surface area contributed by atoms with E-state index < -0.39 is 17.6 Å². The fourth-order valence-corrected chi connectivity index (χ4v) is 0.775. The Hall–Kier alpha value is -1.78. The molecule has 1 N–H and O–H groups in total. The lowest BCUT2D eigenvalue weighted by Crippen LogP contribution is -2.07. The summed E-state index contributed by atoms with van der Waals surface area (Å²) < 4.78 is 12.7. The van der Waals surface area contributed by atoms with Crippen molar-refractivity contribution in [1.82, 2.24) is 9.97 Å². The Labute approximate surface area is 73.8 Å². The lowest BCUT2D eigenvalue weighted by molar-refractivity contribution is 0.0683. The number of carbonyl (C=O) groups is 1. The standard InChI is InChI=1S/C8H7FN2O2/c1-2-3-5-4-10-7(9)6(11-5)8(12)13/h2-4H,1H3,(H,12,13). The summed E-state index contributed by atoms with van der Waals surface area (Å²) in [7, 11) is 0. The van der Waals surface area contributed by atoms with Crippen molar-refractivity contribution in [3.05, 3.63) is 29.6 Å². The van der Waals surface area contributed by atoms with Gasteiger partial charge in [0.05, 0.1) is 11.9 Å². The van der Waals surface area contributed by atoms with Crippen LogP contribution in [-0.2, 0) is 0 Å². The van der Waals surface area contributed by atoms with Crippen molar-refractivity contribution in [3.63, 3.8) is 0 Å². The smallest absolute Gasteiger partial charge is 0.359 e. The molecule has 1 rings (SSSR count). The molecule has 0 aliphatic rings. The maximum absolute atomic E-state index is 12.7. The number of aromatic nitrogens is 2. The number of aromatic carboxylic acids is 1. The summed E-state index contributed by atoms with van der Waals surface area (Å²) in [5.41, 5.74) is -0.336. The number of carboxylic acids is 1. The van der Waals surface area contributed by atoms with E-state index in [4.69, 9.17) is 5.11 Å². The first-order valence-corrected chi connectivity index (χ1v) is 3.53. The molecular weight excluding hydrogens is 175 g/mol. The molecule has 0 fully saturated rings. The van der Waals surface area contributed by atoms with E-state index in [1.807, 2.05) is 0 Å². The number of carboxylic acid groups (broad SMARTS) is 1. The van der Waals surface area contributed by atoms with Gasteiger partial charge in [-0.1, -0.05) is 6.08 Å². The summed E-state index contributed by atoms with van der Waals surface area (Å²) in [6, 6.07) is 0. The molecular formula is C8H7FN2O2. The van der Waals surface area contributed by atoms with Crippen LogP contribution in [0.1, 0.15) is 23.1 Å². The summed E-state index contributed by atoms with van der Waals surface area (Å²) >= 11 is 0. The van der Waals surface area contributed by atoms with Crippen molar-refractivity contribution in [3.8, 4) is 0 Å². The molecule has 0 aromatic carbocycles. The van der Waals surface area contributed by atoms with Crippen LogP contribution < -0.4 is 0 Å². The van der Waals surface area contributed by atoms with Crippen molar-refractivity contribution in [2.75, 3.05) is 0 Å². The van der Waals surface area contributed by atoms with Gasteiger partial charge in [0, 0.05) is 0 Å². The van der Waals surface area contributed by atoms with Gasteiger partial charge in [-0.2, -0.15) is 4.39 Å². The minimum absolute atomic E-state index is 0.321. The van der Waals surface area contributed by atoms with Crippen molar-refractivity contribution in [2.45, 2.75) is 6.92 Å². The normalized spacial score (nSPS) is 10.6. The van der Waals surface area contributed by atoms with E-state index in [9.17, 15) is 9.18 Å². The van der Waals surface area contributed by atoms with Crippen LogP contribution in [0.25, 0.3) is 6.08 Å². The van der Waals surface area contributed by atoms with Gasteiger partial charge in [0.15, 0.2) is 0 Å². The molecule has 13 heavy (non-hydrogen) atoms. The minimum Gasteiger partial charge on any atom is -0.476 e. The second-order valence-electron chi connectivity index (χ2n) is 2.24. The van der Waals surface area contributed by atoms with Crippen LogP contribution in [0.4, 0.5) is 4.39 Å². The molecule has 1 aromatic heterocycles. The van der Waals surface area contributed by atoms with Crippen LogP contribution in [-0.4, -0.2) is 21.0 Å². The van der Waals surface area contributed by atoms with E-state index in [2.05, 4.69) is 9.97 Å². The van der Waals surface area contributed by atoms with Gasteiger partial charge in [-0.05, 0) is 13.0 Å². The molecule has 4 nitrogen and oxygen atoms in total. The lowest BCUT2D eigenvalue weighted by atomic mass is 10.3. The summed E-state index contributed by atoms with van der Waals surface area (Å²) in [6.07, 6.45) is 4.37. The Kier molecular flexibility index (Phi) is 2.69. The number of nitrogens with zero attached hydrogens (tertiary/aromatic N) is 2. The fraction of sp³-hybridized carbons (Fsp3) is 0.125. The maximum Gasteiger partial charge on any atom is 0.359 e. The highest BCUT2D eigenvalue weighted by Gasteiger charge is 2.13. The number of rotatable bonds is 2. The SMILES string of the molecule is CC=Cc1cnc(F)c(C(=O)O)n1. The van der Waals surface area contributed by atoms with E-state index in [1.165, 1.54) is 6.20 Å². The molecule has 1 aromatic rings. The zero-order chi connectivity index (χ0) is 9.84. The second kappa shape index (κ2) is 3.75. The summed E-state index contributed by atoms with van der Waals surface area (Å²) in [4.78, 5) is 17.2. The molecule has 0 bridgehead atoms. The van der Waals surface area contributed by atoms with E-state index in [1.54, 1.807) is 19.1 Å². The molecule has 0 atom stereocenters. The van der Waals surface area contributed by atoms with Gasteiger partial charge in [0.2, 0.25) is 11.6 Å². The van der Waals surface area contributed by atoms with Crippen LogP contribution in [0.5, 0.6) is 0 Å². The van der Waals surface area contributed by atoms with Gasteiger partial charge in [0.1, 0.15) is 0 Å². The van der Waals surface area contributed by atoms with E-state index in [-0.39, 0.29) is 0 Å². The van der Waals surface area contributed by atoms with Crippen molar-refractivity contribution in [2.24, 2.45) is 0 Å². The predicted octanol–water partition coefficient (Wildman–Crippen LogP) is 1.35. The zero-order valence-electron chi connectivity index (χ0n) is 6.86. The summed E-state index contributed by atoms with van der Waals surface area (Å²) in [5.74, 6) is -2.49. The van der Waals surface area contributed by atoms with Crippen LogP contribution in [0.3, 0.4) is 0 Å². The Morgan fingerprint density at radius 1 is 1.69 bits per heavy atom. The average Bonchev–Trinajstić information content (AvgIpc) is 2.08. The van der Waals surface area contributed by atoms with Gasteiger partial charge < -0.3 is 5.11 Å². The van der Waals surface area contributed by atoms with Gasteiger partial charge in [-0.15, -0.1) is 0 Å². The summed E-state index contributed by atoms with van der Waals surface area (Å²) in [6.45, 7) is 1.74. The van der Waals surface area contributed by atoms with Crippen molar-refractivity contribution >= 4 is 12.0 Å². The highest BCUT2D eigenvalue weighted by molar-refractivity contribution is 5.85. The largest absolute Gasteiger partial charge is 0.476 e. The van der Waals surface area contributed by atoms with E-state index in [0.29, 0.717) is 5.69 Å². The molecule has 0 spiro atoms. The first kappa shape index (κ1) is 9.31. The van der Waals surface area contributed by atoms with Crippen molar-refractivity contribution in [1.29, 1.82) is 0 Å². The van der Waals surface area contributed by atoms with Gasteiger partial charge in [0.25, 0.3) is 0 Å². The number of allylic oxidation sites excluding steroid dienone is 1. The van der Waals surface area contributed by atoms with Crippen LogP contribution in [0.2, 0.25) is 0 Å². The molecule has 0 unspecified atom stereocenters. The topological polar surface area (TPSA) is 63.1 Å². The number of hydrogen-bond donors (Lipinski definition) is 1. The third-order valence-corrected chi connectivity index (χ3v) is 1.29. The first-order chi connectivity index (χ1) is 6.15. The Morgan fingerprint density at radius 2 is 2.38 bits per heavy atom. The summed E-state index contributed by atoms with van der Waals surface area (Å²) in [5, 5.41) is 8.49. The quantitative estimate of drug-likeness (QED) is 0.749. The maximum atomic E-state index is 12.7. The monoisotopic (exact) mass is 182 g/mol. The lowest BCUT2D eigenvalue weighted by Gasteiger charge is -1.96. The molecule has 0 aliphatic heterocycles. The van der Waals surface area contributed by atoms with Gasteiger partial charge >= 0.3 is 5.97 Å². The Bertz CT molecular complexity index is 363. The zero-order valence-corrected chi connectivity index (χ0v) is 6.86. The van der Waals surface area contributed by atoms with E-state index in [0.717, 1.165) is 0 Å². The Morgan fingerprint density at radius 3 is 2.92 bits per heavy atom. The molecule has 0 amide bonds. The molecule has 0 aliphatic carbocycles. The number of halogens is 1. The van der Waals surface area contributed by atoms with Crippen LogP contribution >= 0.6 is 0 Å². The molecule has 0 radical (unpaired) electrons. The number of hydrogen-bond acceptors (Lipinski definition) is 3. The predicted molar refractivity (Wildman–Crippen MR) is 43.7 cm³/mol. The molecule has 5 heteroatoms. The third kappa shape index (κ3) is 2.08. The third-order valence-electron chi connectivity index (χ3n) is 1.29. The minimum atomic E-state index is -1.42. The average molecular weight is 182 g/mol. The molecule has 0 saturated carbocycles. The van der Waals surface area contributed by atoms with Gasteiger partial charge in [-0.25, -0.2) is 14.8 Å². The first-order valence-electron chi connectivity index (χ1n) is 3.53. The highest BCUT2D eigenvalue weighted by Crippen LogP contribution is 2.03. The van der Waals surface area contributed by atoms with Crippen LogP contribution in [0, 0.1) is 5.95 Å².